The molecular formula is C18H11N3O5S. The van der Waals surface area contributed by atoms with E-state index in [1.807, 2.05) is 0 Å². The Morgan fingerprint density at radius 3 is 2.33 bits per heavy atom. The average molecular weight is 381 g/mol. The molecule has 8 nitrogen and oxygen atoms in total. The molecule has 9 heteroatoms. The number of thiocarbonyl (C=S) groups is 1. The second-order valence-electron chi connectivity index (χ2n) is 5.93. The van der Waals surface area contributed by atoms with Gasteiger partial charge in [-0.15, -0.1) is 0 Å². The van der Waals surface area contributed by atoms with Crippen molar-refractivity contribution < 1.29 is 23.6 Å². The van der Waals surface area contributed by atoms with Gasteiger partial charge in [0.15, 0.2) is 5.11 Å². The Hall–Kier alpha value is -3.59. The Morgan fingerprint density at radius 1 is 0.963 bits per heavy atom. The van der Waals surface area contributed by atoms with Crippen LogP contribution in [0.15, 0.2) is 40.3 Å². The number of hydrogen-bond donors (Lipinski definition) is 2. The zero-order chi connectivity index (χ0) is 19.3. The third kappa shape index (κ3) is 2.74. The molecule has 0 unspecified atom stereocenters. The van der Waals surface area contributed by atoms with E-state index in [4.69, 9.17) is 16.6 Å². The van der Waals surface area contributed by atoms with Crippen LogP contribution in [0.2, 0.25) is 0 Å². The first kappa shape index (κ1) is 16.9. The molecule has 1 aromatic heterocycles. The van der Waals surface area contributed by atoms with Gasteiger partial charge >= 0.3 is 0 Å². The van der Waals surface area contributed by atoms with Crippen LogP contribution in [0.3, 0.4) is 0 Å². The molecule has 0 aliphatic carbocycles. The Kier molecular flexibility index (Phi) is 3.74. The predicted octanol–water partition coefficient (Wildman–Crippen LogP) is 1.09. The van der Waals surface area contributed by atoms with E-state index in [1.54, 1.807) is 30.3 Å². The number of benzene rings is 1. The smallest absolute Gasteiger partial charge is 0.263 e. The number of imide groups is 1. The van der Waals surface area contributed by atoms with Gasteiger partial charge in [-0.05, 0) is 42.6 Å². The van der Waals surface area contributed by atoms with E-state index in [1.165, 1.54) is 13.1 Å². The molecule has 4 rings (SSSR count). The molecule has 134 valence electrons. The summed E-state index contributed by atoms with van der Waals surface area (Å²) in [5.41, 5.74) is 1.09. The summed E-state index contributed by atoms with van der Waals surface area (Å²) in [5.74, 6) is -1.27. The van der Waals surface area contributed by atoms with Crippen molar-refractivity contribution in [2.75, 3.05) is 7.05 Å². The summed E-state index contributed by atoms with van der Waals surface area (Å²) >= 11 is 4.74. The van der Waals surface area contributed by atoms with Gasteiger partial charge in [0.05, 0.1) is 11.1 Å². The van der Waals surface area contributed by atoms with Crippen LogP contribution in [0.25, 0.3) is 17.4 Å². The van der Waals surface area contributed by atoms with E-state index >= 15 is 0 Å². The van der Waals surface area contributed by atoms with Crippen LogP contribution < -0.4 is 10.6 Å². The molecule has 1 saturated heterocycles. The Labute approximate surface area is 157 Å². The standard InChI is InChI=1S/C18H11N3O5S/c1-21-16(24)10-4-2-8(6-11(10)17(21)25)13-5-3-9(26-13)7-12-14(22)19-18(27)20-15(12)23/h2-7H,1H3,(H2,19,20,22,23,27). The summed E-state index contributed by atoms with van der Waals surface area (Å²) in [4.78, 5) is 48.9. The highest BCUT2D eigenvalue weighted by Crippen LogP contribution is 2.29. The van der Waals surface area contributed by atoms with Crippen molar-refractivity contribution in [3.8, 4) is 11.3 Å². The normalized spacial score (nSPS) is 16.4. The fourth-order valence-corrected chi connectivity index (χ4v) is 3.03. The highest BCUT2D eigenvalue weighted by atomic mass is 32.1. The zero-order valence-corrected chi connectivity index (χ0v) is 14.7. The van der Waals surface area contributed by atoms with Crippen LogP contribution in [0.4, 0.5) is 0 Å². The predicted molar refractivity (Wildman–Crippen MR) is 97.4 cm³/mol. The van der Waals surface area contributed by atoms with E-state index in [9.17, 15) is 19.2 Å². The Morgan fingerprint density at radius 2 is 1.63 bits per heavy atom. The first-order chi connectivity index (χ1) is 12.8. The fourth-order valence-electron chi connectivity index (χ4n) is 2.85. The maximum atomic E-state index is 12.1. The highest BCUT2D eigenvalue weighted by molar-refractivity contribution is 7.80. The van der Waals surface area contributed by atoms with Crippen molar-refractivity contribution in [1.82, 2.24) is 15.5 Å². The molecule has 0 spiro atoms. The van der Waals surface area contributed by atoms with Gasteiger partial charge in [0.1, 0.15) is 17.1 Å². The number of fused-ring (bicyclic) bond motifs is 1. The van der Waals surface area contributed by atoms with E-state index in [-0.39, 0.29) is 28.3 Å². The lowest BCUT2D eigenvalue weighted by molar-refractivity contribution is -0.123. The summed E-state index contributed by atoms with van der Waals surface area (Å²) in [5, 5.41) is 4.62. The molecule has 2 aliphatic rings. The zero-order valence-electron chi connectivity index (χ0n) is 13.9. The number of carbonyl (C=O) groups excluding carboxylic acids is 4. The second-order valence-corrected chi connectivity index (χ2v) is 6.34. The number of nitrogens with one attached hydrogen (secondary N) is 2. The van der Waals surface area contributed by atoms with Gasteiger partial charge in [-0.25, -0.2) is 0 Å². The van der Waals surface area contributed by atoms with Gasteiger partial charge in [-0.2, -0.15) is 0 Å². The maximum Gasteiger partial charge on any atom is 0.263 e. The third-order valence-electron chi connectivity index (χ3n) is 4.23. The monoisotopic (exact) mass is 381 g/mol. The molecular weight excluding hydrogens is 370 g/mol. The highest BCUT2D eigenvalue weighted by Gasteiger charge is 2.33. The van der Waals surface area contributed by atoms with Crippen LogP contribution in [0.5, 0.6) is 0 Å². The van der Waals surface area contributed by atoms with Gasteiger partial charge in [0, 0.05) is 12.6 Å². The molecule has 2 aromatic rings. The third-order valence-corrected chi connectivity index (χ3v) is 4.44. The number of carbonyl (C=O) groups is 4. The van der Waals surface area contributed by atoms with Crippen LogP contribution in [-0.4, -0.2) is 40.7 Å². The Balaban J connectivity index is 1.67. The molecule has 2 aliphatic heterocycles. The van der Waals surface area contributed by atoms with Crippen molar-refractivity contribution in [3.63, 3.8) is 0 Å². The van der Waals surface area contributed by atoms with Crippen molar-refractivity contribution in [3.05, 3.63) is 52.8 Å². The number of hydrogen-bond acceptors (Lipinski definition) is 6. The van der Waals surface area contributed by atoms with Crippen LogP contribution in [-0.2, 0) is 9.59 Å². The lowest BCUT2D eigenvalue weighted by Gasteiger charge is -2.15. The minimum absolute atomic E-state index is 0.0513. The van der Waals surface area contributed by atoms with Crippen molar-refractivity contribution >= 4 is 47.0 Å². The van der Waals surface area contributed by atoms with E-state index in [0.717, 1.165) is 4.90 Å². The summed E-state index contributed by atoms with van der Waals surface area (Å²) in [6.45, 7) is 0. The number of nitrogens with zero attached hydrogens (tertiary/aromatic N) is 1. The first-order valence-electron chi connectivity index (χ1n) is 7.80. The van der Waals surface area contributed by atoms with Crippen LogP contribution in [0, 0.1) is 0 Å². The van der Waals surface area contributed by atoms with E-state index in [0.29, 0.717) is 22.5 Å². The van der Waals surface area contributed by atoms with Crippen molar-refractivity contribution in [2.45, 2.75) is 0 Å². The maximum absolute atomic E-state index is 12.1. The van der Waals surface area contributed by atoms with E-state index in [2.05, 4.69) is 10.6 Å². The molecule has 27 heavy (non-hydrogen) atoms. The molecule has 1 aromatic carbocycles. The van der Waals surface area contributed by atoms with Gasteiger partial charge < -0.3 is 4.42 Å². The molecule has 4 amide bonds. The lowest BCUT2D eigenvalue weighted by atomic mass is 10.0. The van der Waals surface area contributed by atoms with Crippen molar-refractivity contribution in [1.29, 1.82) is 0 Å². The summed E-state index contributed by atoms with van der Waals surface area (Å²) in [7, 11) is 1.42. The molecule has 2 N–H and O–H groups in total. The second kappa shape index (κ2) is 5.99. The SMILES string of the molecule is CN1C(=O)c2ccc(-c3ccc(C=C4C(=O)NC(=S)NC4=O)o3)cc2C1=O. The Bertz CT molecular complexity index is 1080. The molecule has 1 fully saturated rings. The lowest BCUT2D eigenvalue weighted by Crippen LogP contribution is -2.51. The minimum Gasteiger partial charge on any atom is -0.457 e. The van der Waals surface area contributed by atoms with Gasteiger partial charge in [0.25, 0.3) is 23.6 Å². The number of rotatable bonds is 2. The van der Waals surface area contributed by atoms with Gasteiger partial charge in [0.2, 0.25) is 0 Å². The first-order valence-corrected chi connectivity index (χ1v) is 8.21. The van der Waals surface area contributed by atoms with Crippen molar-refractivity contribution in [2.24, 2.45) is 0 Å². The van der Waals surface area contributed by atoms with Crippen LogP contribution in [0.1, 0.15) is 26.5 Å². The molecule has 0 bridgehead atoms. The topological polar surface area (TPSA) is 109 Å². The summed E-state index contributed by atoms with van der Waals surface area (Å²) in [6, 6.07) is 8.03. The average Bonchev–Trinajstić information content (AvgIpc) is 3.18. The van der Waals surface area contributed by atoms with Gasteiger partial charge in [-0.1, -0.05) is 6.07 Å². The number of amides is 4. The molecule has 3 heterocycles. The van der Waals surface area contributed by atoms with Crippen LogP contribution >= 0.6 is 12.2 Å². The quantitative estimate of drug-likeness (QED) is 0.349. The van der Waals surface area contributed by atoms with Gasteiger partial charge in [-0.3, -0.25) is 34.7 Å². The number of furan rings is 1. The minimum atomic E-state index is -0.619. The summed E-state index contributed by atoms with van der Waals surface area (Å²) < 4.78 is 5.67. The largest absolute Gasteiger partial charge is 0.457 e. The summed E-state index contributed by atoms with van der Waals surface area (Å²) in [6.07, 6.45) is 1.30. The fraction of sp³-hybridized carbons (Fsp3) is 0.0556. The van der Waals surface area contributed by atoms with E-state index < -0.39 is 11.8 Å². The molecule has 0 saturated carbocycles. The molecule has 0 atom stereocenters. The molecule has 0 radical (unpaired) electrons.